The van der Waals surface area contributed by atoms with E-state index in [-0.39, 0.29) is 0 Å². The van der Waals surface area contributed by atoms with Gasteiger partial charge in [-0.05, 0) is 12.1 Å². The second-order valence-corrected chi connectivity index (χ2v) is 3.80. The predicted molar refractivity (Wildman–Crippen MR) is 58.4 cm³/mol. The van der Waals surface area contributed by atoms with Crippen molar-refractivity contribution in [2.45, 2.75) is 0 Å². The lowest BCUT2D eigenvalue weighted by atomic mass is 10.2. The standard InChI is InChI=1S/C10H6N4S/c1-3-11-4-2-7(1)8-9-10(13-5-12-8)15-6-14-9/h1-6H. The van der Waals surface area contributed by atoms with E-state index >= 15 is 0 Å². The normalized spacial score (nSPS) is 10.7. The molecule has 0 saturated carbocycles. The van der Waals surface area contributed by atoms with E-state index in [2.05, 4.69) is 19.9 Å². The molecule has 15 heavy (non-hydrogen) atoms. The van der Waals surface area contributed by atoms with E-state index in [1.807, 2.05) is 12.1 Å². The van der Waals surface area contributed by atoms with Gasteiger partial charge >= 0.3 is 0 Å². The van der Waals surface area contributed by atoms with Crippen molar-refractivity contribution in [3.8, 4) is 11.3 Å². The summed E-state index contributed by atoms with van der Waals surface area (Å²) < 4.78 is 0. The lowest BCUT2D eigenvalue weighted by molar-refractivity contribution is 1.22. The van der Waals surface area contributed by atoms with Crippen molar-refractivity contribution >= 4 is 21.7 Å². The Balaban J connectivity index is 2.31. The number of hydrogen-bond donors (Lipinski definition) is 0. The Bertz CT molecular complexity index is 590. The minimum atomic E-state index is 0.855. The van der Waals surface area contributed by atoms with Gasteiger partial charge in [-0.25, -0.2) is 15.0 Å². The van der Waals surface area contributed by atoms with E-state index in [4.69, 9.17) is 0 Å². The van der Waals surface area contributed by atoms with E-state index in [1.165, 1.54) is 11.3 Å². The Kier molecular flexibility index (Phi) is 1.89. The quantitative estimate of drug-likeness (QED) is 0.622. The fraction of sp³-hybridized carbons (Fsp3) is 0. The summed E-state index contributed by atoms with van der Waals surface area (Å²) in [5.74, 6) is 0. The highest BCUT2D eigenvalue weighted by molar-refractivity contribution is 7.16. The van der Waals surface area contributed by atoms with Crippen LogP contribution in [-0.4, -0.2) is 19.9 Å². The fourth-order valence-corrected chi connectivity index (χ4v) is 2.04. The zero-order valence-corrected chi connectivity index (χ0v) is 8.48. The van der Waals surface area contributed by atoms with Crippen molar-refractivity contribution in [2.75, 3.05) is 0 Å². The van der Waals surface area contributed by atoms with Crippen LogP contribution in [-0.2, 0) is 0 Å². The Morgan fingerprint density at radius 2 is 1.87 bits per heavy atom. The van der Waals surface area contributed by atoms with E-state index in [9.17, 15) is 0 Å². The van der Waals surface area contributed by atoms with Crippen LogP contribution in [0.2, 0.25) is 0 Å². The smallest absolute Gasteiger partial charge is 0.147 e. The average molecular weight is 214 g/mol. The molecule has 0 fully saturated rings. The second-order valence-electron chi connectivity index (χ2n) is 2.96. The number of pyridine rings is 1. The molecule has 0 aromatic carbocycles. The van der Waals surface area contributed by atoms with E-state index in [0.717, 1.165) is 21.6 Å². The molecule has 5 heteroatoms. The van der Waals surface area contributed by atoms with Gasteiger partial charge in [0, 0.05) is 18.0 Å². The zero-order chi connectivity index (χ0) is 10.1. The van der Waals surface area contributed by atoms with E-state index < -0.39 is 0 Å². The Morgan fingerprint density at radius 3 is 2.73 bits per heavy atom. The molecule has 0 atom stereocenters. The first-order valence-electron chi connectivity index (χ1n) is 4.40. The minimum absolute atomic E-state index is 0.855. The van der Waals surface area contributed by atoms with Crippen molar-refractivity contribution in [3.05, 3.63) is 36.4 Å². The number of fused-ring (bicyclic) bond motifs is 1. The lowest BCUT2D eigenvalue weighted by Gasteiger charge is -1.99. The third kappa shape index (κ3) is 1.37. The van der Waals surface area contributed by atoms with Gasteiger partial charge in [0.15, 0.2) is 0 Å². The molecule has 0 radical (unpaired) electrons. The topological polar surface area (TPSA) is 51.6 Å². The summed E-state index contributed by atoms with van der Waals surface area (Å²) in [6.07, 6.45) is 5.06. The van der Waals surface area contributed by atoms with Crippen LogP contribution in [0.15, 0.2) is 36.4 Å². The Hall–Kier alpha value is -1.88. The molecule has 0 aliphatic heterocycles. The van der Waals surface area contributed by atoms with E-state index in [1.54, 1.807) is 24.2 Å². The third-order valence-electron chi connectivity index (χ3n) is 2.09. The van der Waals surface area contributed by atoms with Gasteiger partial charge in [0.2, 0.25) is 0 Å². The summed E-state index contributed by atoms with van der Waals surface area (Å²) in [6.45, 7) is 0. The van der Waals surface area contributed by atoms with Crippen molar-refractivity contribution in [3.63, 3.8) is 0 Å². The van der Waals surface area contributed by atoms with Crippen LogP contribution >= 0.6 is 11.3 Å². The summed E-state index contributed by atoms with van der Waals surface area (Å²) in [7, 11) is 0. The summed E-state index contributed by atoms with van der Waals surface area (Å²) in [4.78, 5) is 17.6. The summed E-state index contributed by atoms with van der Waals surface area (Å²) >= 11 is 1.52. The van der Waals surface area contributed by atoms with Crippen LogP contribution in [0, 0.1) is 0 Å². The number of nitrogens with zero attached hydrogens (tertiary/aromatic N) is 4. The molecule has 0 aliphatic rings. The monoisotopic (exact) mass is 214 g/mol. The molecule has 72 valence electrons. The lowest BCUT2D eigenvalue weighted by Crippen LogP contribution is -1.87. The molecule has 0 N–H and O–H groups in total. The Morgan fingerprint density at radius 1 is 1.00 bits per heavy atom. The van der Waals surface area contributed by atoms with Crippen molar-refractivity contribution in [1.29, 1.82) is 0 Å². The molecule has 0 aliphatic carbocycles. The van der Waals surface area contributed by atoms with Gasteiger partial charge in [-0.3, -0.25) is 4.98 Å². The predicted octanol–water partition coefficient (Wildman–Crippen LogP) is 2.15. The zero-order valence-electron chi connectivity index (χ0n) is 7.66. The molecule has 3 heterocycles. The van der Waals surface area contributed by atoms with E-state index in [0.29, 0.717) is 0 Å². The van der Waals surface area contributed by atoms with Crippen molar-refractivity contribution in [2.24, 2.45) is 0 Å². The molecule has 4 nitrogen and oxygen atoms in total. The molecular formula is C10H6N4S. The maximum absolute atomic E-state index is 4.27. The maximum atomic E-state index is 4.27. The molecule has 0 spiro atoms. The highest BCUT2D eigenvalue weighted by Gasteiger charge is 2.07. The molecule has 3 aromatic heterocycles. The second kappa shape index (κ2) is 3.36. The number of hydrogen-bond acceptors (Lipinski definition) is 5. The third-order valence-corrected chi connectivity index (χ3v) is 2.82. The average Bonchev–Trinajstić information content (AvgIpc) is 2.78. The molecule has 0 bridgehead atoms. The van der Waals surface area contributed by atoms with Gasteiger partial charge in [-0.15, -0.1) is 11.3 Å². The number of aromatic nitrogens is 4. The first kappa shape index (κ1) is 8.43. The van der Waals surface area contributed by atoms with Gasteiger partial charge < -0.3 is 0 Å². The van der Waals surface area contributed by atoms with Crippen LogP contribution in [0.25, 0.3) is 21.6 Å². The van der Waals surface area contributed by atoms with Gasteiger partial charge in [0.05, 0.1) is 5.51 Å². The summed E-state index contributed by atoms with van der Waals surface area (Å²) in [5.41, 5.74) is 4.52. The summed E-state index contributed by atoms with van der Waals surface area (Å²) in [6, 6.07) is 3.84. The largest absolute Gasteiger partial charge is 0.265 e. The van der Waals surface area contributed by atoms with Gasteiger partial charge in [0.25, 0.3) is 0 Å². The molecule has 3 rings (SSSR count). The molecular weight excluding hydrogens is 208 g/mol. The van der Waals surface area contributed by atoms with Crippen LogP contribution in [0.3, 0.4) is 0 Å². The van der Waals surface area contributed by atoms with Gasteiger partial charge in [-0.2, -0.15) is 0 Å². The fourth-order valence-electron chi connectivity index (χ4n) is 1.42. The molecule has 0 amide bonds. The SMILES string of the molecule is c1cc(-c2ncnc3scnc23)ccn1. The van der Waals surface area contributed by atoms with Gasteiger partial charge in [0.1, 0.15) is 22.4 Å². The maximum Gasteiger partial charge on any atom is 0.147 e. The van der Waals surface area contributed by atoms with Gasteiger partial charge in [-0.1, -0.05) is 0 Å². The first-order chi connectivity index (χ1) is 7.45. The first-order valence-corrected chi connectivity index (χ1v) is 5.28. The van der Waals surface area contributed by atoms with Crippen molar-refractivity contribution in [1.82, 2.24) is 19.9 Å². The highest BCUT2D eigenvalue weighted by atomic mass is 32.1. The van der Waals surface area contributed by atoms with Crippen LogP contribution in [0.1, 0.15) is 0 Å². The van der Waals surface area contributed by atoms with Crippen LogP contribution in [0.5, 0.6) is 0 Å². The van der Waals surface area contributed by atoms with Crippen LogP contribution < -0.4 is 0 Å². The van der Waals surface area contributed by atoms with Crippen molar-refractivity contribution < 1.29 is 0 Å². The molecule has 0 saturated heterocycles. The number of rotatable bonds is 1. The molecule has 0 unspecified atom stereocenters. The van der Waals surface area contributed by atoms with Crippen LogP contribution in [0.4, 0.5) is 0 Å². The highest BCUT2D eigenvalue weighted by Crippen LogP contribution is 2.25. The Labute approximate surface area is 89.7 Å². The summed E-state index contributed by atoms with van der Waals surface area (Å²) in [5, 5.41) is 0. The molecule has 3 aromatic rings. The minimum Gasteiger partial charge on any atom is -0.265 e. The number of thiazole rings is 1.